The number of unbranched alkanes of at least 4 members (excludes halogenated alkanes) is 22. The zero-order chi connectivity index (χ0) is 57.1. The van der Waals surface area contributed by atoms with E-state index in [0.717, 1.165) is 148 Å². The predicted octanol–water partition coefficient (Wildman–Crippen LogP) is 22.3. The quantitative estimate of drug-likeness (QED) is 0.0261. The lowest BCUT2D eigenvalue weighted by Gasteiger charge is -2.18. The molecule has 0 aromatic carbocycles. The first-order valence-electron chi connectivity index (χ1n) is 32.3. The Kier molecular flexibility index (Phi) is 61.9. The number of hydrogen-bond acceptors (Lipinski definition) is 6. The topological polar surface area (TPSA) is 78.9 Å². The van der Waals surface area contributed by atoms with Gasteiger partial charge in [-0.05, 0) is 122 Å². The highest BCUT2D eigenvalue weighted by Gasteiger charge is 2.19. The maximum atomic E-state index is 12.9. The number of ether oxygens (including phenoxy) is 3. The van der Waals surface area contributed by atoms with Crippen molar-refractivity contribution in [2.45, 2.75) is 284 Å². The summed E-state index contributed by atoms with van der Waals surface area (Å²) in [6, 6.07) is 0. The number of hydrogen-bond donors (Lipinski definition) is 0. The van der Waals surface area contributed by atoms with Crippen LogP contribution in [0.1, 0.15) is 278 Å². The van der Waals surface area contributed by atoms with Gasteiger partial charge in [-0.1, -0.05) is 282 Å². The molecule has 0 bridgehead atoms. The van der Waals surface area contributed by atoms with Crippen molar-refractivity contribution in [2.24, 2.45) is 0 Å². The van der Waals surface area contributed by atoms with E-state index in [1.54, 1.807) is 0 Å². The molecule has 446 valence electrons. The molecule has 0 spiro atoms. The van der Waals surface area contributed by atoms with E-state index in [4.69, 9.17) is 14.2 Å². The van der Waals surface area contributed by atoms with Gasteiger partial charge >= 0.3 is 17.9 Å². The molecule has 1 unspecified atom stereocenters. The van der Waals surface area contributed by atoms with Crippen LogP contribution in [0.3, 0.4) is 0 Å². The molecular formula is C73H118O6. The molecule has 0 fully saturated rings. The van der Waals surface area contributed by atoms with E-state index >= 15 is 0 Å². The summed E-state index contributed by atoms with van der Waals surface area (Å²) in [4.78, 5) is 38.3. The Balaban J connectivity index is 4.40. The zero-order valence-corrected chi connectivity index (χ0v) is 51.1. The van der Waals surface area contributed by atoms with Gasteiger partial charge in [-0.3, -0.25) is 14.4 Å². The van der Waals surface area contributed by atoms with Crippen LogP contribution in [-0.2, 0) is 28.6 Å². The Labute approximate surface area is 487 Å². The van der Waals surface area contributed by atoms with Crippen LogP contribution in [0.4, 0.5) is 0 Å². The number of carbonyl (C=O) groups excluding carboxylic acids is 3. The van der Waals surface area contributed by atoms with Gasteiger partial charge in [-0.2, -0.15) is 0 Å². The summed E-state index contributed by atoms with van der Waals surface area (Å²) in [6.45, 7) is 6.38. The summed E-state index contributed by atoms with van der Waals surface area (Å²) in [7, 11) is 0. The molecule has 6 heteroatoms. The van der Waals surface area contributed by atoms with Crippen molar-refractivity contribution in [3.05, 3.63) is 146 Å². The van der Waals surface area contributed by atoms with Gasteiger partial charge in [0.1, 0.15) is 13.2 Å². The van der Waals surface area contributed by atoms with Gasteiger partial charge in [0.2, 0.25) is 0 Å². The number of carbonyl (C=O) groups is 3. The standard InChI is InChI=1S/C73H118O6/c1-4-7-10-13-16-19-22-25-27-29-31-32-33-34-35-36-37-38-39-40-42-43-45-48-51-54-57-60-63-66-72(75)78-69-70(68-77-71(74)65-62-59-56-53-50-47-24-21-18-15-12-9-6-3)79-73(76)67-64-61-58-55-52-49-46-44-41-30-28-26-23-20-17-14-11-8-5-2/h7-8,10-11,16-17,19-20,25-28,31-32,34-35,37-38,40-42,44,49,52,70H,4-6,9,12-15,18,21-24,29-30,33,36,39,43,45-48,50-51,53-69H2,1-3H3/b10-7-,11-8-,19-16-,20-17-,27-25-,28-26-,32-31-,35-34-,38-37-,42-40-,44-41-,52-49-. The molecule has 0 N–H and O–H groups in total. The highest BCUT2D eigenvalue weighted by Crippen LogP contribution is 2.15. The molecule has 0 saturated heterocycles. The van der Waals surface area contributed by atoms with Crippen molar-refractivity contribution in [2.75, 3.05) is 13.2 Å². The summed E-state index contributed by atoms with van der Waals surface area (Å²) in [5.41, 5.74) is 0. The van der Waals surface area contributed by atoms with Crippen molar-refractivity contribution in [3.63, 3.8) is 0 Å². The third-order valence-electron chi connectivity index (χ3n) is 13.3. The second-order valence-electron chi connectivity index (χ2n) is 20.9. The summed E-state index contributed by atoms with van der Waals surface area (Å²) in [5, 5.41) is 0. The van der Waals surface area contributed by atoms with Crippen LogP contribution in [-0.4, -0.2) is 37.2 Å². The number of esters is 3. The zero-order valence-electron chi connectivity index (χ0n) is 51.1. The minimum atomic E-state index is -0.806. The van der Waals surface area contributed by atoms with Crippen LogP contribution < -0.4 is 0 Å². The summed E-state index contributed by atoms with van der Waals surface area (Å²) < 4.78 is 16.9. The van der Waals surface area contributed by atoms with E-state index in [1.807, 2.05) is 0 Å². The SMILES string of the molecule is CC/C=C\C/C=C\C/C=C\C/C=C\C/C=C\C/C=C\C/C=C\CCCCCCCCCC(=O)OCC(COC(=O)CCCCCCCCCCCCCCC)OC(=O)CCCCC/C=C\C/C=C\C/C=C\C/C=C\C/C=C\CC. The second kappa shape index (κ2) is 65.8. The van der Waals surface area contributed by atoms with Crippen molar-refractivity contribution in [1.29, 1.82) is 0 Å². The first-order valence-corrected chi connectivity index (χ1v) is 32.3. The molecule has 0 aliphatic heterocycles. The summed E-state index contributed by atoms with van der Waals surface area (Å²) >= 11 is 0. The van der Waals surface area contributed by atoms with Gasteiger partial charge in [-0.25, -0.2) is 0 Å². The molecule has 0 aliphatic carbocycles. The van der Waals surface area contributed by atoms with Crippen LogP contribution in [0.25, 0.3) is 0 Å². The fourth-order valence-electron chi connectivity index (χ4n) is 8.57. The monoisotopic (exact) mass is 1090 g/mol. The van der Waals surface area contributed by atoms with E-state index < -0.39 is 6.10 Å². The Bertz CT molecular complexity index is 1730. The van der Waals surface area contributed by atoms with Crippen LogP contribution in [0.2, 0.25) is 0 Å². The highest BCUT2D eigenvalue weighted by atomic mass is 16.6. The highest BCUT2D eigenvalue weighted by molar-refractivity contribution is 5.71. The van der Waals surface area contributed by atoms with Gasteiger partial charge in [0.25, 0.3) is 0 Å². The Morgan fingerprint density at radius 3 is 0.785 bits per heavy atom. The van der Waals surface area contributed by atoms with Gasteiger partial charge in [-0.15, -0.1) is 0 Å². The smallest absolute Gasteiger partial charge is 0.306 e. The van der Waals surface area contributed by atoms with Gasteiger partial charge in [0, 0.05) is 19.3 Å². The molecule has 79 heavy (non-hydrogen) atoms. The van der Waals surface area contributed by atoms with Crippen LogP contribution in [0.5, 0.6) is 0 Å². The van der Waals surface area contributed by atoms with Crippen LogP contribution >= 0.6 is 0 Å². The van der Waals surface area contributed by atoms with E-state index in [1.165, 1.54) is 89.9 Å². The average molecular weight is 1090 g/mol. The largest absolute Gasteiger partial charge is 0.462 e. The molecule has 0 radical (unpaired) electrons. The first-order chi connectivity index (χ1) is 39.0. The Morgan fingerprint density at radius 2 is 0.494 bits per heavy atom. The first kappa shape index (κ1) is 74.3. The third-order valence-corrected chi connectivity index (χ3v) is 13.3. The molecular weight excluding hydrogens is 973 g/mol. The normalized spacial score (nSPS) is 13.1. The van der Waals surface area contributed by atoms with Crippen molar-refractivity contribution >= 4 is 17.9 Å². The molecule has 0 heterocycles. The minimum absolute atomic E-state index is 0.0976. The molecule has 0 aliphatic rings. The lowest BCUT2D eigenvalue weighted by atomic mass is 10.0. The van der Waals surface area contributed by atoms with Crippen molar-refractivity contribution < 1.29 is 28.6 Å². The van der Waals surface area contributed by atoms with Gasteiger partial charge in [0.05, 0.1) is 0 Å². The Hall–Kier alpha value is -4.71. The number of rotatable bonds is 57. The van der Waals surface area contributed by atoms with Gasteiger partial charge < -0.3 is 14.2 Å². The molecule has 6 nitrogen and oxygen atoms in total. The second-order valence-corrected chi connectivity index (χ2v) is 20.9. The Morgan fingerprint density at radius 1 is 0.266 bits per heavy atom. The maximum absolute atomic E-state index is 12.9. The lowest BCUT2D eigenvalue weighted by Crippen LogP contribution is -2.30. The lowest BCUT2D eigenvalue weighted by molar-refractivity contribution is -0.167. The van der Waals surface area contributed by atoms with Crippen molar-refractivity contribution in [3.8, 4) is 0 Å². The summed E-state index contributed by atoms with van der Waals surface area (Å²) in [6.07, 6.45) is 94.2. The molecule has 0 aromatic heterocycles. The van der Waals surface area contributed by atoms with E-state index in [0.29, 0.717) is 12.8 Å². The molecule has 0 rings (SSSR count). The molecule has 0 amide bonds. The summed E-state index contributed by atoms with van der Waals surface area (Å²) in [5.74, 6) is -0.940. The van der Waals surface area contributed by atoms with E-state index in [2.05, 4.69) is 167 Å². The van der Waals surface area contributed by atoms with Crippen LogP contribution in [0.15, 0.2) is 146 Å². The third kappa shape index (κ3) is 64.0. The molecule has 1 atom stereocenters. The average Bonchev–Trinajstić information content (AvgIpc) is 3.45. The molecule has 0 saturated carbocycles. The maximum Gasteiger partial charge on any atom is 0.306 e. The van der Waals surface area contributed by atoms with Crippen LogP contribution in [0, 0.1) is 0 Å². The molecule has 0 aromatic rings. The minimum Gasteiger partial charge on any atom is -0.462 e. The van der Waals surface area contributed by atoms with E-state index in [9.17, 15) is 14.4 Å². The fourth-order valence-corrected chi connectivity index (χ4v) is 8.57. The fraction of sp³-hybridized carbons (Fsp3) is 0.630. The van der Waals surface area contributed by atoms with E-state index in [-0.39, 0.29) is 37.5 Å². The van der Waals surface area contributed by atoms with Gasteiger partial charge in [0.15, 0.2) is 6.10 Å². The number of allylic oxidation sites excluding steroid dienone is 24. The predicted molar refractivity (Wildman–Crippen MR) is 343 cm³/mol. The van der Waals surface area contributed by atoms with Crippen molar-refractivity contribution in [1.82, 2.24) is 0 Å².